The second kappa shape index (κ2) is 7.88. The first-order valence-corrected chi connectivity index (χ1v) is 9.07. The average molecular weight is 424 g/mol. The molecule has 1 saturated heterocycles. The third kappa shape index (κ3) is 3.65. The lowest BCUT2D eigenvalue weighted by Gasteiger charge is -2.22. The van der Waals surface area contributed by atoms with Crippen molar-refractivity contribution in [3.8, 4) is 0 Å². The van der Waals surface area contributed by atoms with Gasteiger partial charge in [-0.3, -0.25) is 9.36 Å². The molecule has 2 heterocycles. The molecule has 1 N–H and O–H groups in total. The molecule has 1 aliphatic rings. The Hall–Kier alpha value is -1.09. The van der Waals surface area contributed by atoms with Gasteiger partial charge in [-0.05, 0) is 30.7 Å². The van der Waals surface area contributed by atoms with E-state index in [0.717, 1.165) is 0 Å². The summed E-state index contributed by atoms with van der Waals surface area (Å²) in [6, 6.07) is 3.17. The summed E-state index contributed by atoms with van der Waals surface area (Å²) in [5.41, 5.74) is 1.04. The lowest BCUT2D eigenvalue weighted by atomic mass is 10.1. The third-order valence-electron chi connectivity index (χ3n) is 4.04. The van der Waals surface area contributed by atoms with Crippen molar-refractivity contribution in [1.82, 2.24) is 9.55 Å². The number of nitrogens with zero attached hydrogens (tertiary/aromatic N) is 2. The summed E-state index contributed by atoms with van der Waals surface area (Å²) in [5, 5.41) is 11.3. The van der Waals surface area contributed by atoms with Crippen LogP contribution in [0.1, 0.15) is 20.1 Å². The van der Waals surface area contributed by atoms with E-state index in [1.165, 1.54) is 11.5 Å². The Morgan fingerprint density at radius 1 is 1.35 bits per heavy atom. The molecule has 10 heteroatoms. The molecular weight excluding hydrogens is 407 g/mol. The normalized spacial score (nSPS) is 25.8. The van der Waals surface area contributed by atoms with E-state index in [0.29, 0.717) is 27.7 Å². The maximum Gasteiger partial charge on any atom is 0.303 e. The van der Waals surface area contributed by atoms with E-state index in [1.807, 2.05) is 6.92 Å². The minimum Gasteiger partial charge on any atom is -0.455 e. The zero-order valence-electron chi connectivity index (χ0n) is 14.0. The Morgan fingerprint density at radius 2 is 2.04 bits per heavy atom. The molecule has 142 valence electrons. The van der Waals surface area contributed by atoms with Crippen molar-refractivity contribution in [2.45, 2.75) is 38.4 Å². The van der Waals surface area contributed by atoms with Gasteiger partial charge in [-0.2, -0.15) is 0 Å². The fraction of sp³-hybridized carbons (Fsp3) is 0.500. The van der Waals surface area contributed by atoms with Crippen LogP contribution in [0.25, 0.3) is 11.0 Å². The van der Waals surface area contributed by atoms with Gasteiger partial charge in [0.2, 0.25) is 5.28 Å². The van der Waals surface area contributed by atoms with E-state index in [-0.39, 0.29) is 11.9 Å². The molecule has 2 aromatic rings. The zero-order valence-corrected chi connectivity index (χ0v) is 16.3. The van der Waals surface area contributed by atoms with Crippen molar-refractivity contribution in [1.29, 1.82) is 0 Å². The smallest absolute Gasteiger partial charge is 0.303 e. The molecule has 3 rings (SSSR count). The Balaban J connectivity index is 2.04. The van der Waals surface area contributed by atoms with Crippen LogP contribution in [-0.4, -0.2) is 52.2 Å². The van der Waals surface area contributed by atoms with Gasteiger partial charge in [0.15, 0.2) is 12.3 Å². The van der Waals surface area contributed by atoms with Gasteiger partial charge in [-0.15, -0.1) is 0 Å². The van der Waals surface area contributed by atoms with Crippen LogP contribution >= 0.6 is 34.8 Å². The molecule has 0 bridgehead atoms. The van der Waals surface area contributed by atoms with Gasteiger partial charge >= 0.3 is 5.97 Å². The average Bonchev–Trinajstić information content (AvgIpc) is 3.03. The summed E-state index contributed by atoms with van der Waals surface area (Å²) in [4.78, 5) is 15.7. The van der Waals surface area contributed by atoms with Crippen molar-refractivity contribution in [2.75, 3.05) is 13.2 Å². The molecular formula is C16H17Cl3N2O5. The lowest BCUT2D eigenvalue weighted by molar-refractivity contribution is -0.155. The number of benzene rings is 1. The van der Waals surface area contributed by atoms with Crippen LogP contribution in [0.4, 0.5) is 0 Å². The van der Waals surface area contributed by atoms with Crippen LogP contribution in [0.15, 0.2) is 12.1 Å². The highest BCUT2D eigenvalue weighted by atomic mass is 35.5. The number of halogens is 3. The van der Waals surface area contributed by atoms with Crippen molar-refractivity contribution < 1.29 is 24.1 Å². The van der Waals surface area contributed by atoms with Gasteiger partial charge in [0.05, 0.1) is 27.7 Å². The minimum absolute atomic E-state index is 0.0877. The Bertz CT molecular complexity index is 828. The van der Waals surface area contributed by atoms with Crippen LogP contribution < -0.4 is 0 Å². The highest BCUT2D eigenvalue weighted by Gasteiger charge is 2.48. The molecule has 0 radical (unpaired) electrons. The summed E-state index contributed by atoms with van der Waals surface area (Å²) in [7, 11) is 0. The molecule has 0 unspecified atom stereocenters. The van der Waals surface area contributed by atoms with Crippen LogP contribution in [0, 0.1) is 0 Å². The highest BCUT2D eigenvalue weighted by molar-refractivity contribution is 6.42. The van der Waals surface area contributed by atoms with Gasteiger partial charge in [-0.25, -0.2) is 4.98 Å². The van der Waals surface area contributed by atoms with Crippen molar-refractivity contribution >= 4 is 51.8 Å². The molecule has 26 heavy (non-hydrogen) atoms. The summed E-state index contributed by atoms with van der Waals surface area (Å²) < 4.78 is 18.0. The van der Waals surface area contributed by atoms with Gasteiger partial charge in [-0.1, -0.05) is 23.2 Å². The number of hydrogen-bond donors (Lipinski definition) is 1. The minimum atomic E-state index is -1.09. The number of fused-ring (bicyclic) bond motifs is 1. The number of hydrogen-bond acceptors (Lipinski definition) is 6. The van der Waals surface area contributed by atoms with E-state index >= 15 is 0 Å². The van der Waals surface area contributed by atoms with Crippen LogP contribution in [0.5, 0.6) is 0 Å². The van der Waals surface area contributed by atoms with Crippen molar-refractivity contribution in [2.24, 2.45) is 0 Å². The monoisotopic (exact) mass is 422 g/mol. The van der Waals surface area contributed by atoms with E-state index in [2.05, 4.69) is 4.98 Å². The number of rotatable bonds is 5. The number of aromatic nitrogens is 2. The van der Waals surface area contributed by atoms with Gasteiger partial charge in [0, 0.05) is 13.5 Å². The topological polar surface area (TPSA) is 82.8 Å². The number of carbonyl (C=O) groups excluding carboxylic acids is 1. The Labute approximate surface area is 164 Å². The van der Waals surface area contributed by atoms with Crippen molar-refractivity contribution in [3.63, 3.8) is 0 Å². The molecule has 1 aliphatic heterocycles. The predicted octanol–water partition coefficient (Wildman–Crippen LogP) is 3.22. The lowest BCUT2D eigenvalue weighted by Crippen LogP contribution is -2.37. The predicted molar refractivity (Wildman–Crippen MR) is 96.7 cm³/mol. The molecule has 0 aliphatic carbocycles. The number of aliphatic hydroxyl groups is 1. The van der Waals surface area contributed by atoms with Gasteiger partial charge in [0.25, 0.3) is 0 Å². The van der Waals surface area contributed by atoms with E-state index in [1.54, 1.807) is 12.1 Å². The first-order chi connectivity index (χ1) is 12.3. The van der Waals surface area contributed by atoms with E-state index < -0.39 is 30.5 Å². The second-order valence-corrected chi connectivity index (χ2v) is 6.95. The summed E-state index contributed by atoms with van der Waals surface area (Å²) >= 11 is 18.4. The number of esters is 1. The quantitative estimate of drug-likeness (QED) is 0.744. The van der Waals surface area contributed by atoms with Gasteiger partial charge < -0.3 is 19.3 Å². The fourth-order valence-electron chi connectivity index (χ4n) is 2.92. The van der Waals surface area contributed by atoms with E-state index in [9.17, 15) is 9.90 Å². The molecule has 0 spiro atoms. The molecule has 1 aromatic carbocycles. The number of imidazole rings is 1. The standard InChI is InChI=1S/C16H17Cl3N2O5/c1-3-24-6-12-13(23)14(25-7(2)22)15(26-12)21-11-5-9(18)8(17)4-10(11)20-16(21)19/h4-5,12-15,23H,3,6H2,1-2H3/t12-,13-,14-,15-/m1/s1. The van der Waals surface area contributed by atoms with Crippen LogP contribution in [0.3, 0.4) is 0 Å². The molecule has 0 saturated carbocycles. The third-order valence-corrected chi connectivity index (χ3v) is 5.03. The highest BCUT2D eigenvalue weighted by Crippen LogP contribution is 2.38. The number of carbonyl (C=O) groups is 1. The fourth-order valence-corrected chi connectivity index (χ4v) is 3.51. The maximum absolute atomic E-state index is 11.5. The summed E-state index contributed by atoms with van der Waals surface area (Å²) in [5.74, 6) is -0.554. The molecule has 7 nitrogen and oxygen atoms in total. The summed E-state index contributed by atoms with van der Waals surface area (Å²) in [6.45, 7) is 3.68. The van der Waals surface area contributed by atoms with Gasteiger partial charge in [0.1, 0.15) is 12.2 Å². The molecule has 4 atom stereocenters. The zero-order chi connectivity index (χ0) is 19.0. The largest absolute Gasteiger partial charge is 0.455 e. The summed E-state index contributed by atoms with van der Waals surface area (Å²) in [6.07, 6.45) is -3.66. The van der Waals surface area contributed by atoms with Crippen LogP contribution in [-0.2, 0) is 19.0 Å². The Morgan fingerprint density at radius 3 is 2.69 bits per heavy atom. The SMILES string of the molecule is CCOC[C@H]1O[C@@H](n2c(Cl)nc3cc(Cl)c(Cl)cc32)[C@H](OC(C)=O)[C@@H]1O. The molecule has 1 aromatic heterocycles. The molecule has 0 amide bonds. The second-order valence-electron chi connectivity index (χ2n) is 5.80. The first-order valence-electron chi connectivity index (χ1n) is 7.94. The number of ether oxygens (including phenoxy) is 3. The number of aliphatic hydroxyl groups excluding tert-OH is 1. The Kier molecular flexibility index (Phi) is 5.96. The first kappa shape index (κ1) is 19.7. The van der Waals surface area contributed by atoms with Crippen LogP contribution in [0.2, 0.25) is 15.3 Å². The van der Waals surface area contributed by atoms with Crippen molar-refractivity contribution in [3.05, 3.63) is 27.5 Å². The maximum atomic E-state index is 11.5. The van der Waals surface area contributed by atoms with E-state index in [4.69, 9.17) is 49.0 Å². The molecule has 1 fully saturated rings.